The van der Waals surface area contributed by atoms with Gasteiger partial charge in [-0.15, -0.1) is 0 Å². The van der Waals surface area contributed by atoms with Crippen LogP contribution in [0.2, 0.25) is 0 Å². The Bertz CT molecular complexity index is 329. The summed E-state index contributed by atoms with van der Waals surface area (Å²) < 4.78 is 0. The van der Waals surface area contributed by atoms with Crippen LogP contribution >= 0.6 is 0 Å². The number of aliphatic hydroxyl groups excluding tert-OH is 3. The molecule has 0 heterocycles. The molecule has 0 fully saturated rings. The minimum atomic E-state index is -1.10. The molecule has 1 unspecified atom stereocenters. The fraction of sp³-hybridized carbons (Fsp3) is 0.500. The van der Waals surface area contributed by atoms with E-state index in [2.05, 4.69) is 23.7 Å². The predicted molar refractivity (Wildman–Crippen MR) is 58.7 cm³/mol. The van der Waals surface area contributed by atoms with Crippen molar-refractivity contribution in [1.82, 2.24) is 0 Å². The molecule has 0 rings (SSSR count). The van der Waals surface area contributed by atoms with Crippen molar-refractivity contribution in [3.05, 3.63) is 11.6 Å². The Morgan fingerprint density at radius 2 is 1.60 bits per heavy atom. The predicted octanol–water partition coefficient (Wildman–Crippen LogP) is 0.0620. The molecule has 0 aromatic heterocycles. The van der Waals surface area contributed by atoms with E-state index < -0.39 is 18.3 Å². The van der Waals surface area contributed by atoms with E-state index in [0.717, 1.165) is 5.57 Å². The van der Waals surface area contributed by atoms with Gasteiger partial charge in [-0.05, 0) is 38.7 Å². The molecule has 0 saturated heterocycles. The first-order valence-corrected chi connectivity index (χ1v) is 4.63. The van der Waals surface area contributed by atoms with Gasteiger partial charge < -0.3 is 15.3 Å². The van der Waals surface area contributed by atoms with E-state index in [-0.39, 0.29) is 0 Å². The zero-order valence-corrected chi connectivity index (χ0v) is 9.15. The SMILES string of the molecule is CC(C)=CC(O)C#CC#C[C@@H](O)[C@H](C)O. The fourth-order valence-electron chi connectivity index (χ4n) is 0.698. The molecule has 0 aromatic carbocycles. The van der Waals surface area contributed by atoms with E-state index in [1.54, 1.807) is 6.08 Å². The largest absolute Gasteiger partial charge is 0.390 e. The van der Waals surface area contributed by atoms with Crippen LogP contribution in [0, 0.1) is 23.7 Å². The number of aliphatic hydroxyl groups is 3. The van der Waals surface area contributed by atoms with Crippen molar-refractivity contribution in [3.8, 4) is 23.7 Å². The third-order valence-corrected chi connectivity index (χ3v) is 1.45. The molecule has 0 bridgehead atoms. The molecule has 0 amide bonds. The van der Waals surface area contributed by atoms with Crippen LogP contribution in [0.15, 0.2) is 11.6 Å². The normalized spacial score (nSPS) is 14.8. The first kappa shape index (κ1) is 13.7. The quantitative estimate of drug-likeness (QED) is 0.444. The van der Waals surface area contributed by atoms with E-state index in [0.29, 0.717) is 0 Å². The van der Waals surface area contributed by atoms with Crippen LogP contribution in [0.1, 0.15) is 20.8 Å². The van der Waals surface area contributed by atoms with Gasteiger partial charge in [-0.2, -0.15) is 0 Å². The molecule has 3 nitrogen and oxygen atoms in total. The highest BCUT2D eigenvalue weighted by molar-refractivity contribution is 5.30. The molecular weight excluding hydrogens is 192 g/mol. The van der Waals surface area contributed by atoms with Crippen molar-refractivity contribution in [2.75, 3.05) is 0 Å². The fourth-order valence-corrected chi connectivity index (χ4v) is 0.698. The van der Waals surface area contributed by atoms with Crippen LogP contribution in [-0.2, 0) is 0 Å². The second-order valence-electron chi connectivity index (χ2n) is 3.41. The maximum atomic E-state index is 9.26. The molecule has 0 saturated carbocycles. The Hall–Kier alpha value is -1.26. The van der Waals surface area contributed by atoms with Gasteiger partial charge in [-0.25, -0.2) is 0 Å². The van der Waals surface area contributed by atoms with Gasteiger partial charge in [0.05, 0.1) is 6.10 Å². The lowest BCUT2D eigenvalue weighted by Crippen LogP contribution is -2.19. The highest BCUT2D eigenvalue weighted by Crippen LogP contribution is 1.92. The first-order valence-electron chi connectivity index (χ1n) is 4.63. The maximum Gasteiger partial charge on any atom is 0.141 e. The van der Waals surface area contributed by atoms with Gasteiger partial charge in [0.15, 0.2) is 0 Å². The van der Waals surface area contributed by atoms with Gasteiger partial charge in [-0.1, -0.05) is 17.4 Å². The van der Waals surface area contributed by atoms with Crippen molar-refractivity contribution in [2.24, 2.45) is 0 Å². The van der Waals surface area contributed by atoms with Gasteiger partial charge in [0.1, 0.15) is 12.2 Å². The van der Waals surface area contributed by atoms with Crippen molar-refractivity contribution in [2.45, 2.75) is 39.1 Å². The summed E-state index contributed by atoms with van der Waals surface area (Å²) in [6.45, 7) is 5.15. The average molecular weight is 208 g/mol. The van der Waals surface area contributed by atoms with Gasteiger partial charge in [0.2, 0.25) is 0 Å². The van der Waals surface area contributed by atoms with E-state index in [9.17, 15) is 5.11 Å². The van der Waals surface area contributed by atoms with Crippen LogP contribution in [0.3, 0.4) is 0 Å². The third-order valence-electron chi connectivity index (χ3n) is 1.45. The summed E-state index contributed by atoms with van der Waals surface area (Å²) in [4.78, 5) is 0. The Labute approximate surface area is 90.4 Å². The minimum Gasteiger partial charge on any atom is -0.390 e. The van der Waals surface area contributed by atoms with Crippen LogP contribution in [0.25, 0.3) is 0 Å². The van der Waals surface area contributed by atoms with E-state index in [4.69, 9.17) is 10.2 Å². The number of allylic oxidation sites excluding steroid dienone is 1. The van der Waals surface area contributed by atoms with Crippen LogP contribution in [0.5, 0.6) is 0 Å². The summed E-state index contributed by atoms with van der Waals surface area (Å²) >= 11 is 0. The van der Waals surface area contributed by atoms with Crippen LogP contribution in [0.4, 0.5) is 0 Å². The molecular formula is C12H16O3. The van der Waals surface area contributed by atoms with Gasteiger partial charge in [0.25, 0.3) is 0 Å². The molecule has 0 radical (unpaired) electrons. The van der Waals surface area contributed by atoms with Gasteiger partial charge >= 0.3 is 0 Å². The summed E-state index contributed by atoms with van der Waals surface area (Å²) in [7, 11) is 0. The van der Waals surface area contributed by atoms with Crippen molar-refractivity contribution in [3.63, 3.8) is 0 Å². The molecule has 3 N–H and O–H groups in total. The molecule has 3 atom stereocenters. The monoisotopic (exact) mass is 208 g/mol. The van der Waals surface area contributed by atoms with E-state index >= 15 is 0 Å². The number of rotatable bonds is 2. The highest BCUT2D eigenvalue weighted by Gasteiger charge is 2.04. The lowest BCUT2D eigenvalue weighted by Gasteiger charge is -2.03. The molecule has 3 heteroatoms. The molecule has 15 heavy (non-hydrogen) atoms. The summed E-state index contributed by atoms with van der Waals surface area (Å²) in [5.41, 5.74) is 0.966. The molecule has 0 aliphatic heterocycles. The Kier molecular flexibility index (Phi) is 6.49. The number of hydrogen-bond donors (Lipinski definition) is 3. The zero-order chi connectivity index (χ0) is 11.8. The molecule has 0 spiro atoms. The Morgan fingerprint density at radius 3 is 2.07 bits per heavy atom. The topological polar surface area (TPSA) is 60.7 Å². The second kappa shape index (κ2) is 7.09. The lowest BCUT2D eigenvalue weighted by atomic mass is 10.2. The van der Waals surface area contributed by atoms with Crippen molar-refractivity contribution < 1.29 is 15.3 Å². The lowest BCUT2D eigenvalue weighted by molar-refractivity contribution is 0.0678. The van der Waals surface area contributed by atoms with E-state index in [1.807, 2.05) is 13.8 Å². The summed E-state index contributed by atoms with van der Waals surface area (Å²) in [5, 5.41) is 27.2. The first-order chi connectivity index (χ1) is 6.93. The van der Waals surface area contributed by atoms with Crippen molar-refractivity contribution >= 4 is 0 Å². The average Bonchev–Trinajstić information content (AvgIpc) is 2.10. The number of hydrogen-bond acceptors (Lipinski definition) is 3. The summed E-state index contributed by atoms with van der Waals surface area (Å²) in [5.74, 6) is 9.57. The zero-order valence-electron chi connectivity index (χ0n) is 9.15. The standard InChI is InChI=1S/C12H16O3/c1-9(2)8-11(14)6-4-5-7-12(15)10(3)13/h8,10-15H,1-3H3/t10-,11?,12+/m0/s1. The molecule has 82 valence electrons. The highest BCUT2D eigenvalue weighted by atomic mass is 16.3. The Balaban J connectivity index is 4.26. The summed E-state index contributed by atoms with van der Waals surface area (Å²) in [6.07, 6.45) is -1.24. The van der Waals surface area contributed by atoms with E-state index in [1.165, 1.54) is 6.92 Å². The van der Waals surface area contributed by atoms with Gasteiger partial charge in [-0.3, -0.25) is 0 Å². The second-order valence-corrected chi connectivity index (χ2v) is 3.41. The van der Waals surface area contributed by atoms with Crippen molar-refractivity contribution in [1.29, 1.82) is 0 Å². The van der Waals surface area contributed by atoms with Gasteiger partial charge in [0, 0.05) is 0 Å². The molecule has 0 aliphatic carbocycles. The Morgan fingerprint density at radius 1 is 1.07 bits per heavy atom. The summed E-state index contributed by atoms with van der Waals surface area (Å²) in [6, 6.07) is 0. The molecule has 0 aromatic rings. The minimum absolute atomic E-state index is 0.840. The van der Waals surface area contributed by atoms with Crippen LogP contribution < -0.4 is 0 Å². The maximum absolute atomic E-state index is 9.26. The molecule has 0 aliphatic rings. The third kappa shape index (κ3) is 7.78. The smallest absolute Gasteiger partial charge is 0.141 e. The van der Waals surface area contributed by atoms with Crippen LogP contribution in [-0.4, -0.2) is 33.6 Å².